The lowest BCUT2D eigenvalue weighted by atomic mass is 10.0. The number of fused-ring (bicyclic) bond motifs is 1. The summed E-state index contributed by atoms with van der Waals surface area (Å²) in [6.45, 7) is 3.62. The normalized spacial score (nSPS) is 11.9. The van der Waals surface area contributed by atoms with Gasteiger partial charge in [0, 0.05) is 11.1 Å². The van der Waals surface area contributed by atoms with Crippen LogP contribution in [0.2, 0.25) is 5.02 Å². The number of aromatic nitrogens is 1. The van der Waals surface area contributed by atoms with Crippen molar-refractivity contribution in [3.8, 4) is 11.1 Å². The van der Waals surface area contributed by atoms with Gasteiger partial charge in [0.15, 0.2) is 0 Å². The lowest BCUT2D eigenvalue weighted by Gasteiger charge is -2.17. The molecule has 1 aromatic heterocycles. The molecule has 5 nitrogen and oxygen atoms in total. The number of pyridine rings is 1. The van der Waals surface area contributed by atoms with Gasteiger partial charge in [-0.3, -0.25) is 9.36 Å². The minimum atomic E-state index is -3.75. The molecule has 0 fully saturated rings. The summed E-state index contributed by atoms with van der Waals surface area (Å²) in [5.41, 5.74) is 1.30. The molecular formula is C19H18ClFNO4P. The first-order valence-corrected chi connectivity index (χ1v) is 10.3. The Balaban J connectivity index is 2.20. The molecule has 3 rings (SSSR count). The largest absolute Gasteiger partial charge is 0.366 e. The van der Waals surface area contributed by atoms with Gasteiger partial charge in [-0.1, -0.05) is 23.7 Å². The highest BCUT2D eigenvalue weighted by Gasteiger charge is 2.30. The zero-order valence-electron chi connectivity index (χ0n) is 14.8. The Morgan fingerprint density at radius 1 is 1.07 bits per heavy atom. The number of benzene rings is 2. The minimum Gasteiger partial charge on any atom is -0.321 e. The predicted octanol–water partition coefficient (Wildman–Crippen LogP) is 4.88. The Bertz CT molecular complexity index is 1070. The third-order valence-electron chi connectivity index (χ3n) is 3.96. The molecule has 0 aliphatic rings. The fourth-order valence-electron chi connectivity index (χ4n) is 2.79. The third-order valence-corrected chi connectivity index (χ3v) is 6.39. The Morgan fingerprint density at radius 2 is 1.70 bits per heavy atom. The van der Waals surface area contributed by atoms with Crippen molar-refractivity contribution in [3.63, 3.8) is 0 Å². The molecule has 0 saturated carbocycles. The summed E-state index contributed by atoms with van der Waals surface area (Å²) in [6.07, 6.45) is 0. The molecule has 1 heterocycles. The fourth-order valence-corrected chi connectivity index (χ4v) is 4.69. The maximum Gasteiger partial charge on any atom is 0.366 e. The summed E-state index contributed by atoms with van der Waals surface area (Å²) < 4.78 is 36.8. The summed E-state index contributed by atoms with van der Waals surface area (Å²) in [5.74, 6) is -0.350. The Kier molecular flexibility index (Phi) is 5.82. The smallest absolute Gasteiger partial charge is 0.321 e. The number of H-pyrrole nitrogens is 1. The highest BCUT2D eigenvalue weighted by atomic mass is 35.5. The maximum atomic E-state index is 13.2. The molecule has 0 amide bonds. The molecule has 142 valence electrons. The van der Waals surface area contributed by atoms with Crippen LogP contribution < -0.4 is 10.9 Å². The summed E-state index contributed by atoms with van der Waals surface area (Å²) >= 11 is 6.34. The van der Waals surface area contributed by atoms with Crippen molar-refractivity contribution in [2.45, 2.75) is 13.8 Å². The van der Waals surface area contributed by atoms with Crippen LogP contribution in [-0.2, 0) is 13.6 Å². The van der Waals surface area contributed by atoms with E-state index in [1.54, 1.807) is 38.1 Å². The molecule has 0 aliphatic heterocycles. The molecule has 2 aromatic carbocycles. The third kappa shape index (κ3) is 3.99. The van der Waals surface area contributed by atoms with E-state index in [0.717, 1.165) is 0 Å². The van der Waals surface area contributed by atoms with Crippen LogP contribution in [0.5, 0.6) is 0 Å². The van der Waals surface area contributed by atoms with E-state index in [9.17, 15) is 13.8 Å². The van der Waals surface area contributed by atoms with E-state index in [0.29, 0.717) is 27.1 Å². The fraction of sp³-hybridized carbons (Fsp3) is 0.211. The zero-order chi connectivity index (χ0) is 19.6. The molecule has 0 spiro atoms. The van der Waals surface area contributed by atoms with Crippen molar-refractivity contribution < 1.29 is 18.0 Å². The second-order valence-corrected chi connectivity index (χ2v) is 8.14. The van der Waals surface area contributed by atoms with Gasteiger partial charge in [0.25, 0.3) is 5.56 Å². The topological polar surface area (TPSA) is 68.4 Å². The van der Waals surface area contributed by atoms with E-state index < -0.39 is 13.2 Å². The molecule has 0 bridgehead atoms. The van der Waals surface area contributed by atoms with Crippen molar-refractivity contribution in [1.29, 1.82) is 0 Å². The van der Waals surface area contributed by atoms with E-state index in [4.69, 9.17) is 20.6 Å². The van der Waals surface area contributed by atoms with Crippen molar-refractivity contribution in [3.05, 3.63) is 63.7 Å². The molecule has 0 unspecified atom stereocenters. The minimum absolute atomic E-state index is 0.0638. The van der Waals surface area contributed by atoms with E-state index in [-0.39, 0.29) is 24.3 Å². The van der Waals surface area contributed by atoms with Crippen molar-refractivity contribution >= 4 is 35.4 Å². The van der Waals surface area contributed by atoms with Gasteiger partial charge in [-0.2, -0.15) is 0 Å². The van der Waals surface area contributed by atoms with Crippen LogP contribution in [0.25, 0.3) is 22.0 Å². The van der Waals surface area contributed by atoms with Crippen molar-refractivity contribution in [2.24, 2.45) is 0 Å². The Labute approximate surface area is 160 Å². The predicted molar refractivity (Wildman–Crippen MR) is 105 cm³/mol. The number of rotatable bonds is 6. The van der Waals surface area contributed by atoms with Crippen LogP contribution in [0, 0.1) is 5.82 Å². The van der Waals surface area contributed by atoms with E-state index in [2.05, 4.69) is 4.98 Å². The first-order valence-electron chi connectivity index (χ1n) is 8.40. The second kappa shape index (κ2) is 7.95. The first kappa shape index (κ1) is 19.8. The molecular weight excluding hydrogens is 392 g/mol. The highest BCUT2D eigenvalue weighted by molar-refractivity contribution is 7.62. The SMILES string of the molecule is CCOP(=O)(OCC)c1cc2cc(-c3ccc(F)cc3)c(Cl)cc2[nH]c1=O. The van der Waals surface area contributed by atoms with Gasteiger partial charge in [-0.15, -0.1) is 0 Å². The standard InChI is InChI=1S/C19H18ClFNO4P/c1-3-25-27(24,26-4-2)18-10-13-9-15(12-5-7-14(21)8-6-12)16(20)11-17(13)22-19(18)23/h5-11H,3-4H2,1-2H3,(H,22,23). The maximum absolute atomic E-state index is 13.2. The molecule has 8 heteroatoms. The van der Waals surface area contributed by atoms with Gasteiger partial charge in [-0.25, -0.2) is 4.39 Å². The number of hydrogen-bond donors (Lipinski definition) is 1. The number of hydrogen-bond acceptors (Lipinski definition) is 4. The summed E-state index contributed by atoms with van der Waals surface area (Å²) in [4.78, 5) is 15.1. The molecule has 27 heavy (non-hydrogen) atoms. The van der Waals surface area contributed by atoms with E-state index >= 15 is 0 Å². The molecule has 0 aliphatic carbocycles. The lowest BCUT2D eigenvalue weighted by molar-refractivity contribution is 0.229. The number of halogens is 2. The summed E-state index contributed by atoms with van der Waals surface area (Å²) in [6, 6.07) is 10.7. The molecule has 3 aromatic rings. The molecule has 0 radical (unpaired) electrons. The molecule has 0 atom stereocenters. The number of nitrogens with one attached hydrogen (secondary N) is 1. The second-order valence-electron chi connectivity index (χ2n) is 5.74. The van der Waals surface area contributed by atoms with Crippen LogP contribution in [-0.4, -0.2) is 18.2 Å². The van der Waals surface area contributed by atoms with Crippen LogP contribution >= 0.6 is 19.2 Å². The van der Waals surface area contributed by atoms with Crippen molar-refractivity contribution in [1.82, 2.24) is 4.98 Å². The van der Waals surface area contributed by atoms with E-state index in [1.807, 2.05) is 0 Å². The van der Waals surface area contributed by atoms with E-state index in [1.165, 1.54) is 18.2 Å². The average molecular weight is 410 g/mol. The average Bonchev–Trinajstić information content (AvgIpc) is 2.62. The van der Waals surface area contributed by atoms with Crippen LogP contribution in [0.15, 0.2) is 47.3 Å². The summed E-state index contributed by atoms with van der Waals surface area (Å²) in [5, 5.41) is 0.939. The lowest BCUT2D eigenvalue weighted by Crippen LogP contribution is -2.29. The molecule has 1 N–H and O–H groups in total. The van der Waals surface area contributed by atoms with Crippen molar-refractivity contribution in [2.75, 3.05) is 13.2 Å². The molecule has 0 saturated heterocycles. The first-order chi connectivity index (χ1) is 12.9. The highest BCUT2D eigenvalue weighted by Crippen LogP contribution is 2.46. The zero-order valence-corrected chi connectivity index (χ0v) is 16.4. The number of aromatic amines is 1. The quantitative estimate of drug-likeness (QED) is 0.589. The van der Waals surface area contributed by atoms with Gasteiger partial charge in [-0.05, 0) is 55.1 Å². The Morgan fingerprint density at radius 3 is 2.30 bits per heavy atom. The monoisotopic (exact) mass is 409 g/mol. The van der Waals surface area contributed by atoms with Crippen LogP contribution in [0.3, 0.4) is 0 Å². The van der Waals surface area contributed by atoms with Gasteiger partial charge >= 0.3 is 7.60 Å². The Hall–Kier alpha value is -1.98. The summed E-state index contributed by atoms with van der Waals surface area (Å²) in [7, 11) is -3.75. The van der Waals surface area contributed by atoms with Crippen LogP contribution in [0.1, 0.15) is 13.8 Å². The van der Waals surface area contributed by atoms with Gasteiger partial charge < -0.3 is 14.0 Å². The van der Waals surface area contributed by atoms with Gasteiger partial charge in [0.05, 0.1) is 18.2 Å². The van der Waals surface area contributed by atoms with Gasteiger partial charge in [0.1, 0.15) is 11.1 Å². The van der Waals surface area contributed by atoms with Crippen LogP contribution in [0.4, 0.5) is 4.39 Å². The van der Waals surface area contributed by atoms with Gasteiger partial charge in [0.2, 0.25) is 0 Å².